The third-order valence-corrected chi connectivity index (χ3v) is 2.25. The Bertz CT molecular complexity index is 451. The molecule has 0 saturated carbocycles. The zero-order chi connectivity index (χ0) is 14.4. The zero-order valence-corrected chi connectivity index (χ0v) is 11.0. The summed E-state index contributed by atoms with van der Waals surface area (Å²) in [4.78, 5) is 22.8. The highest BCUT2D eigenvalue weighted by Gasteiger charge is 2.11. The van der Waals surface area contributed by atoms with Gasteiger partial charge in [0.25, 0.3) is 0 Å². The number of carbonyl (C=O) groups is 2. The molecule has 0 fully saturated rings. The lowest BCUT2D eigenvalue weighted by atomic mass is 10.2. The number of anilines is 2. The van der Waals surface area contributed by atoms with Gasteiger partial charge in [0.2, 0.25) is 0 Å². The average molecular weight is 266 g/mol. The SMILES string of the molecule is CC(C)C(=O)OCCOC(=O)c1cc(N)cc(N)c1. The highest BCUT2D eigenvalue weighted by Crippen LogP contribution is 2.14. The number of carbonyl (C=O) groups excluding carboxylic acids is 2. The first-order valence-electron chi connectivity index (χ1n) is 5.90. The van der Waals surface area contributed by atoms with E-state index in [9.17, 15) is 9.59 Å². The minimum absolute atomic E-state index is 0.00794. The molecule has 0 aliphatic rings. The summed E-state index contributed by atoms with van der Waals surface area (Å²) < 4.78 is 9.81. The van der Waals surface area contributed by atoms with Crippen LogP contribution in [0.1, 0.15) is 24.2 Å². The van der Waals surface area contributed by atoms with E-state index in [4.69, 9.17) is 20.9 Å². The molecule has 0 bridgehead atoms. The summed E-state index contributed by atoms with van der Waals surface area (Å²) in [5, 5.41) is 0. The van der Waals surface area contributed by atoms with Crippen LogP contribution in [-0.4, -0.2) is 25.2 Å². The summed E-state index contributed by atoms with van der Waals surface area (Å²) in [6.45, 7) is 3.47. The number of nitrogens with two attached hydrogens (primary N) is 2. The first kappa shape index (κ1) is 14.8. The number of rotatable bonds is 5. The van der Waals surface area contributed by atoms with Crippen LogP contribution in [0.4, 0.5) is 11.4 Å². The molecule has 0 aliphatic heterocycles. The fraction of sp³-hybridized carbons (Fsp3) is 0.385. The minimum Gasteiger partial charge on any atom is -0.462 e. The van der Waals surface area contributed by atoms with E-state index in [0.29, 0.717) is 11.4 Å². The van der Waals surface area contributed by atoms with Crippen LogP contribution < -0.4 is 11.5 Å². The van der Waals surface area contributed by atoms with Crippen LogP contribution in [0.15, 0.2) is 18.2 Å². The Morgan fingerprint density at radius 2 is 1.58 bits per heavy atom. The van der Waals surface area contributed by atoms with Crippen molar-refractivity contribution in [1.82, 2.24) is 0 Å². The van der Waals surface area contributed by atoms with E-state index in [2.05, 4.69) is 0 Å². The normalized spacial score (nSPS) is 10.3. The van der Waals surface area contributed by atoms with Crippen molar-refractivity contribution in [2.75, 3.05) is 24.7 Å². The third-order valence-electron chi connectivity index (χ3n) is 2.25. The molecular formula is C13H18N2O4. The largest absolute Gasteiger partial charge is 0.462 e. The van der Waals surface area contributed by atoms with Crippen molar-refractivity contribution in [2.45, 2.75) is 13.8 Å². The smallest absolute Gasteiger partial charge is 0.338 e. The van der Waals surface area contributed by atoms with E-state index in [1.165, 1.54) is 12.1 Å². The number of esters is 2. The van der Waals surface area contributed by atoms with Crippen LogP contribution in [0.2, 0.25) is 0 Å². The maximum atomic E-state index is 11.7. The van der Waals surface area contributed by atoms with Gasteiger partial charge in [-0.3, -0.25) is 4.79 Å². The summed E-state index contributed by atoms with van der Waals surface area (Å²) in [6, 6.07) is 4.48. The van der Waals surface area contributed by atoms with Gasteiger partial charge in [-0.25, -0.2) is 4.79 Å². The molecule has 1 aromatic rings. The first-order chi connectivity index (χ1) is 8.90. The molecule has 0 spiro atoms. The maximum absolute atomic E-state index is 11.7. The van der Waals surface area contributed by atoms with Crippen molar-refractivity contribution >= 4 is 23.3 Å². The molecule has 1 rings (SSSR count). The van der Waals surface area contributed by atoms with Gasteiger partial charge in [-0.2, -0.15) is 0 Å². The van der Waals surface area contributed by atoms with E-state index >= 15 is 0 Å². The summed E-state index contributed by atoms with van der Waals surface area (Å²) in [6.07, 6.45) is 0. The van der Waals surface area contributed by atoms with Crippen LogP contribution in [0.3, 0.4) is 0 Å². The van der Waals surface area contributed by atoms with Crippen molar-refractivity contribution in [3.05, 3.63) is 23.8 Å². The van der Waals surface area contributed by atoms with Gasteiger partial charge < -0.3 is 20.9 Å². The van der Waals surface area contributed by atoms with Crippen LogP contribution in [0, 0.1) is 5.92 Å². The molecule has 0 aromatic heterocycles. The molecule has 0 atom stereocenters. The Morgan fingerprint density at radius 1 is 1.05 bits per heavy atom. The molecule has 4 N–H and O–H groups in total. The molecule has 6 heteroatoms. The zero-order valence-electron chi connectivity index (χ0n) is 11.0. The van der Waals surface area contributed by atoms with E-state index in [1.54, 1.807) is 19.9 Å². The molecule has 0 radical (unpaired) electrons. The average Bonchev–Trinajstić information content (AvgIpc) is 2.32. The molecule has 0 heterocycles. The number of ether oxygens (including phenoxy) is 2. The lowest BCUT2D eigenvalue weighted by Gasteiger charge is -2.08. The topological polar surface area (TPSA) is 105 Å². The van der Waals surface area contributed by atoms with Gasteiger partial charge in [0.05, 0.1) is 11.5 Å². The monoisotopic (exact) mass is 266 g/mol. The van der Waals surface area contributed by atoms with Gasteiger partial charge in [0.15, 0.2) is 0 Å². The van der Waals surface area contributed by atoms with Crippen molar-refractivity contribution in [1.29, 1.82) is 0 Å². The van der Waals surface area contributed by atoms with Crippen LogP contribution in [-0.2, 0) is 14.3 Å². The summed E-state index contributed by atoms with van der Waals surface area (Å²) >= 11 is 0. The lowest BCUT2D eigenvalue weighted by molar-refractivity contribution is -0.148. The van der Waals surface area contributed by atoms with Crippen molar-refractivity contribution < 1.29 is 19.1 Å². The summed E-state index contributed by atoms with van der Waals surface area (Å²) in [7, 11) is 0. The fourth-order valence-corrected chi connectivity index (χ4v) is 1.32. The van der Waals surface area contributed by atoms with Gasteiger partial charge in [-0.05, 0) is 18.2 Å². The van der Waals surface area contributed by atoms with E-state index in [1.807, 2.05) is 0 Å². The van der Waals surface area contributed by atoms with Gasteiger partial charge in [0, 0.05) is 11.4 Å². The predicted molar refractivity (Wildman–Crippen MR) is 71.3 cm³/mol. The van der Waals surface area contributed by atoms with Crippen LogP contribution >= 0.6 is 0 Å². The van der Waals surface area contributed by atoms with Gasteiger partial charge in [-0.15, -0.1) is 0 Å². The Labute approximate surface area is 111 Å². The van der Waals surface area contributed by atoms with E-state index in [-0.39, 0.29) is 30.7 Å². The van der Waals surface area contributed by atoms with Gasteiger partial charge in [0.1, 0.15) is 13.2 Å². The molecule has 0 unspecified atom stereocenters. The van der Waals surface area contributed by atoms with E-state index < -0.39 is 5.97 Å². The highest BCUT2D eigenvalue weighted by molar-refractivity contribution is 5.91. The lowest BCUT2D eigenvalue weighted by Crippen LogP contribution is -2.17. The Kier molecular flexibility index (Phi) is 5.17. The van der Waals surface area contributed by atoms with Crippen molar-refractivity contribution in [3.63, 3.8) is 0 Å². The minimum atomic E-state index is -0.556. The standard InChI is InChI=1S/C13H18N2O4/c1-8(2)12(16)18-3-4-19-13(17)9-5-10(14)7-11(15)6-9/h5-8H,3-4,14-15H2,1-2H3. The van der Waals surface area contributed by atoms with Gasteiger partial charge >= 0.3 is 11.9 Å². The first-order valence-corrected chi connectivity index (χ1v) is 5.90. The van der Waals surface area contributed by atoms with E-state index in [0.717, 1.165) is 0 Å². The molecule has 19 heavy (non-hydrogen) atoms. The van der Waals surface area contributed by atoms with Crippen LogP contribution in [0.25, 0.3) is 0 Å². The molecule has 0 amide bonds. The fourth-order valence-electron chi connectivity index (χ4n) is 1.32. The Morgan fingerprint density at radius 3 is 2.11 bits per heavy atom. The quantitative estimate of drug-likeness (QED) is 0.471. The summed E-state index contributed by atoms with van der Waals surface area (Å²) in [5.74, 6) is -1.09. The maximum Gasteiger partial charge on any atom is 0.338 e. The number of nitrogen functional groups attached to an aromatic ring is 2. The number of benzene rings is 1. The second-order valence-corrected chi connectivity index (χ2v) is 4.35. The molecular weight excluding hydrogens is 248 g/mol. The number of hydrogen-bond acceptors (Lipinski definition) is 6. The number of hydrogen-bond donors (Lipinski definition) is 2. The second-order valence-electron chi connectivity index (χ2n) is 4.35. The van der Waals surface area contributed by atoms with Gasteiger partial charge in [-0.1, -0.05) is 13.8 Å². The molecule has 0 saturated heterocycles. The predicted octanol–water partition coefficient (Wildman–Crippen LogP) is 1.21. The Balaban J connectivity index is 2.41. The van der Waals surface area contributed by atoms with Crippen molar-refractivity contribution in [2.24, 2.45) is 5.92 Å². The molecule has 104 valence electrons. The molecule has 1 aromatic carbocycles. The molecule has 0 aliphatic carbocycles. The molecule has 6 nitrogen and oxygen atoms in total. The highest BCUT2D eigenvalue weighted by atomic mass is 16.6. The van der Waals surface area contributed by atoms with Crippen LogP contribution in [0.5, 0.6) is 0 Å². The second kappa shape index (κ2) is 6.63. The van der Waals surface area contributed by atoms with Crippen molar-refractivity contribution in [3.8, 4) is 0 Å². The summed E-state index contributed by atoms with van der Waals surface area (Å²) in [5.41, 5.74) is 12.2. The third kappa shape index (κ3) is 4.87. The Hall–Kier alpha value is -2.24.